The van der Waals surface area contributed by atoms with Crippen LogP contribution in [-0.4, -0.2) is 92.1 Å². The molecule has 21 rings (SSSR count). The van der Waals surface area contributed by atoms with Crippen molar-refractivity contribution in [3.05, 3.63) is 296 Å². The van der Waals surface area contributed by atoms with E-state index in [1.807, 2.05) is 30.3 Å². The van der Waals surface area contributed by atoms with Gasteiger partial charge in [-0.25, -0.2) is 61.8 Å². The number of aromatic amines is 4. The molecule has 0 saturated heterocycles. The number of hydrogen-bond acceptors (Lipinski definition) is 17. The number of H-pyrrole nitrogens is 4. The van der Waals surface area contributed by atoms with E-state index in [0.717, 1.165) is 133 Å². The third-order valence-electron chi connectivity index (χ3n) is 23.6. The zero-order valence-electron chi connectivity index (χ0n) is 71.3. The van der Waals surface area contributed by atoms with E-state index in [9.17, 15) is 87.8 Å². The van der Waals surface area contributed by atoms with Crippen LogP contribution in [-0.2, 0) is 88.9 Å². The fourth-order valence-electron chi connectivity index (χ4n) is 17.1. The van der Waals surface area contributed by atoms with Crippen molar-refractivity contribution in [2.24, 2.45) is 0 Å². The molecule has 9 heterocycles. The number of aryl methyl sites for hydroxylation is 3. The summed E-state index contributed by atoms with van der Waals surface area (Å²) in [7, 11) is 0. The number of alkyl halides is 15. The van der Waals surface area contributed by atoms with Gasteiger partial charge in [0.2, 0.25) is 0 Å². The van der Waals surface area contributed by atoms with Gasteiger partial charge < -0.3 is 21.3 Å². The van der Waals surface area contributed by atoms with Crippen LogP contribution >= 0.6 is 0 Å². The lowest BCUT2D eigenvalue weighted by Gasteiger charge is -2.30. The van der Waals surface area contributed by atoms with Crippen molar-refractivity contribution in [3.8, 4) is 45.6 Å². The predicted octanol–water partition coefficient (Wildman–Crippen LogP) is 25.4. The second-order valence-corrected chi connectivity index (χ2v) is 32.7. The smallest absolute Gasteiger partial charge is 0.323 e. The summed E-state index contributed by atoms with van der Waals surface area (Å²) in [6.07, 6.45) is -12.7. The summed E-state index contributed by atoms with van der Waals surface area (Å²) < 4.78 is 273. The molecule has 21 nitrogen and oxygen atoms in total. The van der Waals surface area contributed by atoms with Crippen molar-refractivity contribution >= 4 is 90.2 Å². The van der Waals surface area contributed by atoms with Crippen molar-refractivity contribution in [2.75, 3.05) is 27.8 Å². The Morgan fingerprint density at radius 2 is 0.613 bits per heavy atom. The van der Waals surface area contributed by atoms with E-state index in [1.165, 1.54) is 91.0 Å². The summed E-state index contributed by atoms with van der Waals surface area (Å²) in [4.78, 5) is 38.0. The number of hydrogen-bond donors (Lipinski definition) is 8. The lowest BCUT2D eigenvalue weighted by Crippen LogP contribution is -2.31. The van der Waals surface area contributed by atoms with Crippen molar-refractivity contribution in [3.63, 3.8) is 0 Å². The molecule has 8 N–H and O–H groups in total. The third-order valence-corrected chi connectivity index (χ3v) is 23.6. The number of aromatic nitrogens is 16. The molecule has 137 heavy (non-hydrogen) atoms. The lowest BCUT2D eigenvalue weighted by atomic mass is 9.95. The van der Waals surface area contributed by atoms with Crippen LogP contribution in [0.2, 0.25) is 0 Å². The van der Waals surface area contributed by atoms with Crippen LogP contribution in [0.15, 0.2) is 188 Å². The number of halogens is 20. The van der Waals surface area contributed by atoms with Crippen LogP contribution in [0.3, 0.4) is 0 Å². The Balaban J connectivity index is 0.000000122. The van der Waals surface area contributed by atoms with Gasteiger partial charge in [-0.3, -0.25) is 25.3 Å². The molecule has 9 aromatic carbocycles. The Kier molecular flexibility index (Phi) is 25.4. The van der Waals surface area contributed by atoms with E-state index >= 15 is 0 Å². The Bertz CT molecular complexity index is 7390. The van der Waals surface area contributed by atoms with Crippen molar-refractivity contribution in [1.82, 2.24) is 85.6 Å². The first kappa shape index (κ1) is 92.4. The van der Waals surface area contributed by atoms with E-state index in [-0.39, 0.29) is 108 Å². The second-order valence-electron chi connectivity index (χ2n) is 32.7. The van der Waals surface area contributed by atoms with Crippen LogP contribution in [0.5, 0.6) is 0 Å². The molecule has 0 spiro atoms. The Hall–Kier alpha value is -15.1. The number of nitrogens with zero attached hydrogens (tertiary/aromatic N) is 13. The number of nitrogens with one attached hydrogen (secondary N) is 8. The standard InChI is InChI=1S/C28H22F4N6.C23H17F6N5.C23H18F5N5.C22H16F5N5/c29-18-10-11-24-20(14-18)27(37-36-24)35-26-21-16-38(15-17-6-2-1-3-7-17)13-12-23(21)33-25(34-26)19-8-4-5-9-22(19)28(30,31)32;24-22(25,26)12-9-10-18-15(11-12)21(34-33-18)32-20-14-6-2-4-8-17(14)30-19(31-20)13-5-1-3-7-16(13)23(27,28)29;24-12-10-15-19(17(25)11-12)32-33-22(15)31-21-14-7-2-1-3-9-18(14)29-20(30-21)13-6-4-5-8-16(13)23(26,27)28;23-11-9-14-18(16(24)10-11)31-32-21(14)30-20-13-6-2-4-8-17(13)28-19(29-20)12-5-1-3-7-15(12)22(25,26)27/h1-11,14H,12-13,15-16H2,(H2,33,34,35,36,37);1,3,5,7,9-11H,2,4,6,8H2,(H2,30,31,32,33,34);4-6,8,10-11H,1-3,7,9H2,(H2,29,30,31,32,33);1,3,5,7,9-10H,2,4,6,8H2,(H2,28,29,30,31,32). The van der Waals surface area contributed by atoms with Gasteiger partial charge in [0, 0.05) is 111 Å². The molecule has 3 aliphatic carbocycles. The summed E-state index contributed by atoms with van der Waals surface area (Å²) >= 11 is 0. The number of benzene rings is 9. The number of rotatable bonds is 14. The molecule has 0 saturated carbocycles. The van der Waals surface area contributed by atoms with Gasteiger partial charge in [0.15, 0.2) is 58.2 Å². The molecule has 17 aromatic rings. The van der Waals surface area contributed by atoms with E-state index in [4.69, 9.17) is 0 Å². The van der Waals surface area contributed by atoms with Gasteiger partial charge in [0.1, 0.15) is 51.8 Å². The fraction of sp³-hybridized carbons (Fsp3) is 0.229. The molecule has 0 fully saturated rings. The van der Waals surface area contributed by atoms with Gasteiger partial charge in [-0.15, -0.1) is 0 Å². The second kappa shape index (κ2) is 37.7. The largest absolute Gasteiger partial charge is 0.417 e. The highest BCUT2D eigenvalue weighted by molar-refractivity contribution is 5.95. The zero-order valence-corrected chi connectivity index (χ0v) is 71.3. The minimum absolute atomic E-state index is 0.0134. The number of fused-ring (bicyclic) bond motifs is 8. The summed E-state index contributed by atoms with van der Waals surface area (Å²) in [5.74, 6) is -2.02. The van der Waals surface area contributed by atoms with Crippen molar-refractivity contribution in [1.29, 1.82) is 0 Å². The highest BCUT2D eigenvalue weighted by Crippen LogP contribution is 2.46. The van der Waals surface area contributed by atoms with Gasteiger partial charge in [-0.05, 0) is 155 Å². The van der Waals surface area contributed by atoms with Crippen molar-refractivity contribution < 1.29 is 87.8 Å². The molecular formula is C96H73F20N21. The third kappa shape index (κ3) is 20.1. The molecule has 1 aliphatic heterocycles. The van der Waals surface area contributed by atoms with E-state index in [0.29, 0.717) is 115 Å². The average molecular weight is 1900 g/mol. The highest BCUT2D eigenvalue weighted by Gasteiger charge is 2.40. The summed E-state index contributed by atoms with van der Waals surface area (Å²) in [6, 6.07) is 41.7. The average Bonchev–Trinajstić information content (AvgIpc) is 1.76. The van der Waals surface area contributed by atoms with Crippen LogP contribution in [0, 0.1) is 29.1 Å². The normalized spacial score (nSPS) is 14.1. The molecule has 4 aliphatic rings. The van der Waals surface area contributed by atoms with Gasteiger partial charge >= 0.3 is 30.9 Å². The molecule has 8 aromatic heterocycles. The van der Waals surface area contributed by atoms with E-state index in [2.05, 4.69) is 107 Å². The minimum Gasteiger partial charge on any atom is -0.323 e. The van der Waals surface area contributed by atoms with Gasteiger partial charge in [0.25, 0.3) is 0 Å². The first-order chi connectivity index (χ1) is 65.6. The van der Waals surface area contributed by atoms with Gasteiger partial charge in [-0.2, -0.15) is 86.3 Å². The quantitative estimate of drug-likeness (QED) is 0.0371. The van der Waals surface area contributed by atoms with Gasteiger partial charge in [-0.1, -0.05) is 110 Å². The molecule has 0 radical (unpaired) electrons. The molecule has 0 unspecified atom stereocenters. The number of anilines is 8. The maximum atomic E-state index is 14.1. The molecule has 0 atom stereocenters. The maximum absolute atomic E-state index is 14.1. The van der Waals surface area contributed by atoms with Crippen LogP contribution in [0.1, 0.15) is 123 Å². The monoisotopic (exact) mass is 1900 g/mol. The van der Waals surface area contributed by atoms with E-state index < -0.39 is 87.8 Å². The topological polar surface area (TPSA) is 269 Å². The SMILES string of the molecule is FC(F)(F)c1ccc2[nH]nc(Nc3nc(-c4ccccc4C(F)(F)F)nc4c3CCCC4)c2c1.Fc1cc(F)c2[nH]nc(Nc3nc(-c4ccccc4C(F)(F)F)nc4c3CCCC4)c2c1.Fc1cc(F)c2[nH]nc(Nc3nc(-c4ccccc4C(F)(F)F)nc4c3CCCCC4)c2c1.Fc1ccc2[nH]nc(Nc3nc(-c4ccccc4C(F)(F)F)nc4c3CN(Cc3ccccc3)CC4)c2c1. The van der Waals surface area contributed by atoms with Crippen LogP contribution in [0.4, 0.5) is 134 Å². The van der Waals surface area contributed by atoms with Gasteiger partial charge in [0.05, 0.1) is 55.3 Å². The first-order valence-electron chi connectivity index (χ1n) is 43.0. The molecule has 702 valence electrons. The first-order valence-corrected chi connectivity index (χ1v) is 43.0. The predicted molar refractivity (Wildman–Crippen MR) is 471 cm³/mol. The molecule has 0 amide bonds. The summed E-state index contributed by atoms with van der Waals surface area (Å²) in [5.41, 5.74) is 3.08. The van der Waals surface area contributed by atoms with Crippen LogP contribution < -0.4 is 21.3 Å². The summed E-state index contributed by atoms with van der Waals surface area (Å²) in [5, 5.41) is 40.1. The van der Waals surface area contributed by atoms with Crippen LogP contribution in [0.25, 0.3) is 89.2 Å². The van der Waals surface area contributed by atoms with E-state index in [1.54, 1.807) is 6.07 Å². The Morgan fingerprint density at radius 3 is 1.01 bits per heavy atom. The zero-order chi connectivity index (χ0) is 96.0. The lowest BCUT2D eigenvalue weighted by molar-refractivity contribution is -0.138. The molecule has 41 heteroatoms. The fourth-order valence-corrected chi connectivity index (χ4v) is 17.1. The summed E-state index contributed by atoms with van der Waals surface area (Å²) in [6.45, 7) is 1.88. The maximum Gasteiger partial charge on any atom is 0.417 e. The molecule has 0 bridgehead atoms. The Labute approximate surface area is 762 Å². The highest BCUT2D eigenvalue weighted by atomic mass is 19.4. The van der Waals surface area contributed by atoms with Crippen molar-refractivity contribution in [2.45, 2.75) is 134 Å². The minimum atomic E-state index is -4.60. The molecular weight excluding hydrogens is 1830 g/mol. The Morgan fingerprint density at radius 1 is 0.285 bits per heavy atom.